The van der Waals surface area contributed by atoms with Gasteiger partial charge in [-0.15, -0.1) is 0 Å². The van der Waals surface area contributed by atoms with Gasteiger partial charge in [-0.1, -0.05) is 43.6 Å². The van der Waals surface area contributed by atoms with Gasteiger partial charge in [-0.2, -0.15) is 0 Å². The zero-order valence-corrected chi connectivity index (χ0v) is 14.3. The van der Waals surface area contributed by atoms with Gasteiger partial charge in [0, 0.05) is 10.9 Å². The van der Waals surface area contributed by atoms with E-state index in [1.807, 2.05) is 24.3 Å². The lowest BCUT2D eigenvalue weighted by atomic mass is 9.81. The van der Waals surface area contributed by atoms with E-state index in [-0.39, 0.29) is 29.7 Å². The van der Waals surface area contributed by atoms with E-state index in [1.54, 1.807) is 0 Å². The van der Waals surface area contributed by atoms with Crippen molar-refractivity contribution in [3.63, 3.8) is 0 Å². The third-order valence-corrected chi connectivity index (χ3v) is 5.00. The Kier molecular flexibility index (Phi) is 6.05. The first-order valence-corrected chi connectivity index (χ1v) is 8.55. The average molecular weight is 338 g/mol. The predicted octanol–water partition coefficient (Wildman–Crippen LogP) is 4.04. The number of carbonyl (C=O) groups is 2. The van der Waals surface area contributed by atoms with E-state index in [1.165, 1.54) is 0 Å². The van der Waals surface area contributed by atoms with Crippen molar-refractivity contribution in [1.82, 2.24) is 5.32 Å². The minimum absolute atomic E-state index is 0.00691. The van der Waals surface area contributed by atoms with Crippen molar-refractivity contribution in [1.29, 1.82) is 0 Å². The van der Waals surface area contributed by atoms with Gasteiger partial charge in [0.1, 0.15) is 0 Å². The van der Waals surface area contributed by atoms with Crippen LogP contribution < -0.4 is 5.32 Å². The summed E-state index contributed by atoms with van der Waals surface area (Å²) in [5.74, 6) is -0.931. The summed E-state index contributed by atoms with van der Waals surface area (Å²) in [6, 6.07) is 7.43. The first-order valence-electron chi connectivity index (χ1n) is 8.17. The number of carboxylic acid groups (broad SMARTS) is 1. The van der Waals surface area contributed by atoms with Gasteiger partial charge in [0.05, 0.1) is 12.0 Å². The third-order valence-electron chi connectivity index (χ3n) is 4.65. The normalized spacial score (nSPS) is 22.6. The molecule has 0 heterocycles. The molecular weight excluding hydrogens is 314 g/mol. The summed E-state index contributed by atoms with van der Waals surface area (Å²) in [5, 5.41) is 12.8. The lowest BCUT2D eigenvalue weighted by Gasteiger charge is -2.29. The Balaban J connectivity index is 2.02. The van der Waals surface area contributed by atoms with Gasteiger partial charge in [-0.3, -0.25) is 9.59 Å². The molecule has 1 aliphatic carbocycles. The molecule has 0 bridgehead atoms. The highest BCUT2D eigenvalue weighted by molar-refractivity contribution is 6.31. The molecule has 4 nitrogen and oxygen atoms in total. The van der Waals surface area contributed by atoms with Crippen LogP contribution in [0.3, 0.4) is 0 Å². The van der Waals surface area contributed by atoms with Crippen molar-refractivity contribution in [2.75, 3.05) is 0 Å². The summed E-state index contributed by atoms with van der Waals surface area (Å²) in [6.45, 7) is 4.10. The Labute approximate surface area is 142 Å². The van der Waals surface area contributed by atoms with E-state index < -0.39 is 5.97 Å². The molecule has 0 radical (unpaired) electrons. The molecule has 0 spiro atoms. The Morgan fingerprint density at radius 3 is 2.22 bits per heavy atom. The molecule has 2 rings (SSSR count). The first-order chi connectivity index (χ1) is 10.9. The van der Waals surface area contributed by atoms with E-state index in [4.69, 9.17) is 16.7 Å². The van der Waals surface area contributed by atoms with Crippen LogP contribution in [0.25, 0.3) is 0 Å². The fraction of sp³-hybridized carbons (Fsp3) is 0.556. The number of nitrogens with one attached hydrogen (secondary N) is 1. The fourth-order valence-electron chi connectivity index (χ4n) is 3.20. The second kappa shape index (κ2) is 7.82. The molecule has 1 unspecified atom stereocenters. The fourth-order valence-corrected chi connectivity index (χ4v) is 3.46. The smallest absolute Gasteiger partial charge is 0.306 e. The van der Waals surface area contributed by atoms with Crippen molar-refractivity contribution in [3.8, 4) is 0 Å². The van der Waals surface area contributed by atoms with Crippen molar-refractivity contribution in [3.05, 3.63) is 34.9 Å². The molecule has 1 aromatic rings. The Hall–Kier alpha value is -1.55. The third kappa shape index (κ3) is 4.47. The number of carboxylic acids is 1. The second-order valence-electron chi connectivity index (χ2n) is 6.64. The summed E-state index contributed by atoms with van der Waals surface area (Å²) < 4.78 is 0. The highest BCUT2D eigenvalue weighted by atomic mass is 35.5. The maximum atomic E-state index is 12.6. The zero-order chi connectivity index (χ0) is 17.0. The minimum atomic E-state index is -0.750. The molecule has 1 aliphatic rings. The number of hydrogen-bond donors (Lipinski definition) is 2. The van der Waals surface area contributed by atoms with Crippen LogP contribution in [0.2, 0.25) is 5.02 Å². The van der Waals surface area contributed by atoms with Crippen LogP contribution in [0.15, 0.2) is 24.3 Å². The van der Waals surface area contributed by atoms with Gasteiger partial charge in [0.2, 0.25) is 5.91 Å². The van der Waals surface area contributed by atoms with E-state index in [0.717, 1.165) is 5.56 Å². The Morgan fingerprint density at radius 1 is 1.13 bits per heavy atom. The van der Waals surface area contributed by atoms with Crippen LogP contribution in [-0.2, 0) is 9.59 Å². The van der Waals surface area contributed by atoms with Crippen LogP contribution in [0.5, 0.6) is 0 Å². The molecule has 126 valence electrons. The van der Waals surface area contributed by atoms with E-state index in [9.17, 15) is 9.59 Å². The molecule has 1 fully saturated rings. The molecule has 23 heavy (non-hydrogen) atoms. The van der Waals surface area contributed by atoms with Gasteiger partial charge >= 0.3 is 5.97 Å². The number of halogens is 1. The summed E-state index contributed by atoms with van der Waals surface area (Å²) >= 11 is 6.27. The Morgan fingerprint density at radius 2 is 1.70 bits per heavy atom. The summed E-state index contributed by atoms with van der Waals surface area (Å²) in [5.41, 5.74) is 0.928. The molecule has 0 aliphatic heterocycles. The van der Waals surface area contributed by atoms with Crippen LogP contribution >= 0.6 is 11.6 Å². The van der Waals surface area contributed by atoms with Gasteiger partial charge in [-0.05, 0) is 43.2 Å². The van der Waals surface area contributed by atoms with Gasteiger partial charge in [0.15, 0.2) is 0 Å². The van der Waals surface area contributed by atoms with Crippen LogP contribution in [0.1, 0.15) is 51.1 Å². The molecule has 1 aromatic carbocycles. The summed E-state index contributed by atoms with van der Waals surface area (Å²) in [4.78, 5) is 23.6. The lowest BCUT2D eigenvalue weighted by Crippen LogP contribution is -2.38. The molecule has 2 N–H and O–H groups in total. The maximum absolute atomic E-state index is 12.6. The predicted molar refractivity (Wildman–Crippen MR) is 90.3 cm³/mol. The number of amides is 1. The zero-order valence-electron chi connectivity index (χ0n) is 13.6. The molecule has 5 heteroatoms. The molecule has 1 saturated carbocycles. The van der Waals surface area contributed by atoms with Crippen molar-refractivity contribution in [2.24, 2.45) is 17.8 Å². The van der Waals surface area contributed by atoms with Crippen molar-refractivity contribution < 1.29 is 14.7 Å². The molecule has 1 atom stereocenters. The quantitative estimate of drug-likeness (QED) is 0.852. The number of hydrogen-bond acceptors (Lipinski definition) is 2. The Bertz CT molecular complexity index is 565. The highest BCUT2D eigenvalue weighted by Gasteiger charge is 2.31. The van der Waals surface area contributed by atoms with E-state index in [0.29, 0.717) is 30.7 Å². The van der Waals surface area contributed by atoms with E-state index >= 15 is 0 Å². The van der Waals surface area contributed by atoms with E-state index in [2.05, 4.69) is 19.2 Å². The largest absolute Gasteiger partial charge is 0.481 e. The number of benzene rings is 1. The summed E-state index contributed by atoms with van der Waals surface area (Å²) in [7, 11) is 0. The van der Waals surface area contributed by atoms with Gasteiger partial charge < -0.3 is 10.4 Å². The highest BCUT2D eigenvalue weighted by Crippen LogP contribution is 2.32. The molecule has 0 aromatic heterocycles. The maximum Gasteiger partial charge on any atom is 0.306 e. The average Bonchev–Trinajstić information content (AvgIpc) is 2.53. The van der Waals surface area contributed by atoms with Crippen LogP contribution in [0, 0.1) is 17.8 Å². The van der Waals surface area contributed by atoms with Crippen LogP contribution in [0.4, 0.5) is 0 Å². The van der Waals surface area contributed by atoms with Gasteiger partial charge in [0.25, 0.3) is 0 Å². The van der Waals surface area contributed by atoms with Crippen LogP contribution in [-0.4, -0.2) is 17.0 Å². The SMILES string of the molecule is CC(C)C(NC(=O)C1CCC(C(=O)O)CC1)c1ccccc1Cl. The molecular formula is C18H24ClNO3. The minimum Gasteiger partial charge on any atom is -0.481 e. The van der Waals surface area contributed by atoms with Crippen molar-refractivity contribution >= 4 is 23.5 Å². The molecule has 1 amide bonds. The van der Waals surface area contributed by atoms with Crippen molar-refractivity contribution in [2.45, 2.75) is 45.6 Å². The first kappa shape index (κ1) is 17.8. The van der Waals surface area contributed by atoms with Gasteiger partial charge in [-0.25, -0.2) is 0 Å². The summed E-state index contributed by atoms with van der Waals surface area (Å²) in [6.07, 6.45) is 2.42. The number of carbonyl (C=O) groups excluding carboxylic acids is 1. The standard InChI is InChI=1S/C18H24ClNO3/c1-11(2)16(14-5-3-4-6-15(14)19)20-17(21)12-7-9-13(10-8-12)18(22)23/h3-6,11-13,16H,7-10H2,1-2H3,(H,20,21)(H,22,23). The lowest BCUT2D eigenvalue weighted by molar-refractivity contribution is -0.144. The topological polar surface area (TPSA) is 66.4 Å². The monoisotopic (exact) mass is 337 g/mol. The number of aliphatic carboxylic acids is 1. The number of rotatable bonds is 5. The molecule has 0 saturated heterocycles. The second-order valence-corrected chi connectivity index (χ2v) is 7.05.